The molecule has 1 aliphatic carbocycles. The van der Waals surface area contributed by atoms with E-state index in [1.807, 2.05) is 12.3 Å². The summed E-state index contributed by atoms with van der Waals surface area (Å²) in [5, 5.41) is 2.91. The molecule has 0 radical (unpaired) electrons. The first kappa shape index (κ1) is 14.0. The van der Waals surface area contributed by atoms with Crippen molar-refractivity contribution in [2.45, 2.75) is 52.2 Å². The van der Waals surface area contributed by atoms with Crippen LogP contribution in [0.1, 0.15) is 37.4 Å². The van der Waals surface area contributed by atoms with Crippen LogP contribution in [0, 0.1) is 18.3 Å². The molecular formula is C15H21NO3S. The van der Waals surface area contributed by atoms with E-state index in [0.717, 1.165) is 30.2 Å². The first-order valence-corrected chi connectivity index (χ1v) is 8.08. The van der Waals surface area contributed by atoms with Gasteiger partial charge in [-0.25, -0.2) is 4.98 Å². The molecule has 3 rings (SSSR count). The molecule has 1 aromatic heterocycles. The molecule has 0 aromatic carbocycles. The van der Waals surface area contributed by atoms with Gasteiger partial charge < -0.3 is 9.47 Å². The van der Waals surface area contributed by atoms with Crippen LogP contribution in [0.15, 0.2) is 5.38 Å². The second kappa shape index (κ2) is 5.11. The third kappa shape index (κ3) is 2.37. The van der Waals surface area contributed by atoms with E-state index in [2.05, 4.69) is 18.8 Å². The topological polar surface area (TPSA) is 48.4 Å². The Bertz CT molecular complexity index is 511. The summed E-state index contributed by atoms with van der Waals surface area (Å²) < 4.78 is 11.6. The molecule has 1 saturated heterocycles. The van der Waals surface area contributed by atoms with Gasteiger partial charge in [-0.05, 0) is 19.8 Å². The third-order valence-electron chi connectivity index (χ3n) is 4.47. The zero-order valence-electron chi connectivity index (χ0n) is 12.2. The van der Waals surface area contributed by atoms with E-state index in [1.54, 1.807) is 11.3 Å². The SMILES string of the molecule is Cc1nc(CC(=O)OC2C3CCCOC3C2(C)C)cs1. The zero-order valence-corrected chi connectivity index (χ0v) is 13.0. The lowest BCUT2D eigenvalue weighted by molar-refractivity contribution is -0.254. The van der Waals surface area contributed by atoms with Crippen molar-refractivity contribution < 1.29 is 14.3 Å². The second-order valence-corrected chi connectivity index (χ2v) is 7.43. The molecule has 0 bridgehead atoms. The molecule has 4 nitrogen and oxygen atoms in total. The number of rotatable bonds is 3. The van der Waals surface area contributed by atoms with Crippen molar-refractivity contribution in [2.24, 2.45) is 11.3 Å². The van der Waals surface area contributed by atoms with Crippen molar-refractivity contribution in [3.63, 3.8) is 0 Å². The van der Waals surface area contributed by atoms with Crippen molar-refractivity contribution in [3.05, 3.63) is 16.1 Å². The monoisotopic (exact) mass is 295 g/mol. The van der Waals surface area contributed by atoms with Crippen LogP contribution < -0.4 is 0 Å². The summed E-state index contributed by atoms with van der Waals surface area (Å²) in [6.07, 6.45) is 2.67. The van der Waals surface area contributed by atoms with Crippen LogP contribution in [0.4, 0.5) is 0 Å². The van der Waals surface area contributed by atoms with Crippen molar-refractivity contribution in [1.29, 1.82) is 0 Å². The van der Waals surface area contributed by atoms with Crippen LogP contribution in [0.5, 0.6) is 0 Å². The van der Waals surface area contributed by atoms with Gasteiger partial charge in [-0.2, -0.15) is 0 Å². The minimum Gasteiger partial charge on any atom is -0.461 e. The van der Waals surface area contributed by atoms with E-state index in [-0.39, 0.29) is 30.0 Å². The number of carbonyl (C=O) groups is 1. The van der Waals surface area contributed by atoms with Crippen LogP contribution >= 0.6 is 11.3 Å². The summed E-state index contributed by atoms with van der Waals surface area (Å²) in [5.74, 6) is 0.206. The Hall–Kier alpha value is -0.940. The summed E-state index contributed by atoms with van der Waals surface area (Å²) in [4.78, 5) is 16.4. The number of esters is 1. The molecular weight excluding hydrogens is 274 g/mol. The Morgan fingerprint density at radius 1 is 1.60 bits per heavy atom. The summed E-state index contributed by atoms with van der Waals surface area (Å²) >= 11 is 1.56. The number of thiazole rings is 1. The summed E-state index contributed by atoms with van der Waals surface area (Å²) in [5.41, 5.74) is 0.740. The third-order valence-corrected chi connectivity index (χ3v) is 5.30. The zero-order chi connectivity index (χ0) is 14.3. The Labute approximate surface area is 123 Å². The van der Waals surface area contributed by atoms with E-state index in [4.69, 9.17) is 9.47 Å². The minimum absolute atomic E-state index is 0.0139. The highest BCUT2D eigenvalue weighted by atomic mass is 32.1. The molecule has 5 heteroatoms. The number of aromatic nitrogens is 1. The highest BCUT2D eigenvalue weighted by Crippen LogP contribution is 2.52. The minimum atomic E-state index is -0.169. The molecule has 2 heterocycles. The maximum atomic E-state index is 12.1. The predicted molar refractivity (Wildman–Crippen MR) is 76.7 cm³/mol. The highest BCUT2D eigenvalue weighted by molar-refractivity contribution is 7.09. The predicted octanol–water partition coefficient (Wildman–Crippen LogP) is 2.74. The fourth-order valence-corrected chi connectivity index (χ4v) is 4.15. The maximum absolute atomic E-state index is 12.1. The van der Waals surface area contributed by atoms with Crippen LogP contribution in [0.3, 0.4) is 0 Å². The Morgan fingerprint density at radius 3 is 3.10 bits per heavy atom. The number of hydrogen-bond acceptors (Lipinski definition) is 5. The fraction of sp³-hybridized carbons (Fsp3) is 0.733. The van der Waals surface area contributed by atoms with Crippen molar-refractivity contribution in [1.82, 2.24) is 4.98 Å². The Kier molecular flexibility index (Phi) is 3.58. The van der Waals surface area contributed by atoms with Gasteiger partial charge >= 0.3 is 5.97 Å². The first-order valence-electron chi connectivity index (χ1n) is 7.20. The van der Waals surface area contributed by atoms with Gasteiger partial charge in [-0.15, -0.1) is 11.3 Å². The van der Waals surface area contributed by atoms with Gasteiger partial charge in [0.1, 0.15) is 6.10 Å². The lowest BCUT2D eigenvalue weighted by Crippen LogP contribution is -2.65. The van der Waals surface area contributed by atoms with Gasteiger partial charge in [-0.1, -0.05) is 13.8 Å². The molecule has 0 amide bonds. The lowest BCUT2D eigenvalue weighted by Gasteiger charge is -2.58. The van der Waals surface area contributed by atoms with Crippen molar-refractivity contribution in [2.75, 3.05) is 6.61 Å². The second-order valence-electron chi connectivity index (χ2n) is 6.36. The number of fused-ring (bicyclic) bond motifs is 1. The number of ether oxygens (including phenoxy) is 2. The number of carbonyl (C=O) groups excluding carboxylic acids is 1. The van der Waals surface area contributed by atoms with Crippen LogP contribution in [-0.2, 0) is 20.7 Å². The first-order chi connectivity index (χ1) is 9.48. The van der Waals surface area contributed by atoms with Gasteiger partial charge in [0.25, 0.3) is 0 Å². The van der Waals surface area contributed by atoms with Crippen LogP contribution in [0.2, 0.25) is 0 Å². The summed E-state index contributed by atoms with van der Waals surface area (Å²) in [7, 11) is 0. The smallest absolute Gasteiger partial charge is 0.312 e. The maximum Gasteiger partial charge on any atom is 0.312 e. The molecule has 3 atom stereocenters. The molecule has 20 heavy (non-hydrogen) atoms. The van der Waals surface area contributed by atoms with E-state index < -0.39 is 0 Å². The molecule has 110 valence electrons. The molecule has 1 saturated carbocycles. The average molecular weight is 295 g/mol. The summed E-state index contributed by atoms with van der Waals surface area (Å²) in [6, 6.07) is 0. The normalized spacial score (nSPS) is 31.2. The van der Waals surface area contributed by atoms with E-state index >= 15 is 0 Å². The molecule has 2 fully saturated rings. The molecule has 2 aliphatic rings. The fourth-order valence-electron chi connectivity index (χ4n) is 3.54. The summed E-state index contributed by atoms with van der Waals surface area (Å²) in [6.45, 7) is 7.04. The van der Waals surface area contributed by atoms with Crippen molar-refractivity contribution in [3.8, 4) is 0 Å². The van der Waals surface area contributed by atoms with Gasteiger partial charge in [0, 0.05) is 23.3 Å². The van der Waals surface area contributed by atoms with E-state index in [0.29, 0.717) is 5.92 Å². The van der Waals surface area contributed by atoms with Crippen molar-refractivity contribution >= 4 is 17.3 Å². The molecule has 1 aromatic rings. The largest absolute Gasteiger partial charge is 0.461 e. The van der Waals surface area contributed by atoms with Gasteiger partial charge in [0.2, 0.25) is 0 Å². The number of aryl methyl sites for hydroxylation is 1. The van der Waals surface area contributed by atoms with Gasteiger partial charge in [-0.3, -0.25) is 4.79 Å². The average Bonchev–Trinajstić information content (AvgIpc) is 2.81. The molecule has 1 aliphatic heterocycles. The van der Waals surface area contributed by atoms with Crippen LogP contribution in [-0.4, -0.2) is 29.8 Å². The number of nitrogens with zero attached hydrogens (tertiary/aromatic N) is 1. The molecule has 3 unspecified atom stereocenters. The molecule has 0 spiro atoms. The highest BCUT2D eigenvalue weighted by Gasteiger charge is 2.60. The quantitative estimate of drug-likeness (QED) is 0.805. The molecule has 0 N–H and O–H groups in total. The van der Waals surface area contributed by atoms with Gasteiger partial charge in [0.05, 0.1) is 23.2 Å². The van der Waals surface area contributed by atoms with Crippen LogP contribution in [0.25, 0.3) is 0 Å². The van der Waals surface area contributed by atoms with Gasteiger partial charge in [0.15, 0.2) is 0 Å². The number of hydrogen-bond donors (Lipinski definition) is 0. The lowest BCUT2D eigenvalue weighted by atomic mass is 9.57. The Morgan fingerprint density at radius 2 is 2.40 bits per heavy atom. The Balaban J connectivity index is 1.61. The van der Waals surface area contributed by atoms with E-state index in [1.165, 1.54) is 0 Å². The van der Waals surface area contributed by atoms with E-state index in [9.17, 15) is 4.79 Å². The standard InChI is InChI=1S/C15H21NO3S/c1-9-16-10(8-20-9)7-12(17)19-14-11-5-4-6-18-13(11)15(14,2)3/h8,11,13-14H,4-7H2,1-3H3.